The first-order chi connectivity index (χ1) is 6.92. The molecule has 0 aliphatic carbocycles. The van der Waals surface area contributed by atoms with Gasteiger partial charge in [0.2, 0.25) is 0 Å². The van der Waals surface area contributed by atoms with E-state index in [-0.39, 0.29) is 18.2 Å². The number of rotatable bonds is 3. The maximum absolute atomic E-state index is 11.9. The van der Waals surface area contributed by atoms with E-state index in [2.05, 4.69) is 15.0 Å². The summed E-state index contributed by atoms with van der Waals surface area (Å²) < 4.78 is 40.2. The molecular formula is C9H12ClF3N2O. The molecule has 0 aliphatic rings. The Morgan fingerprint density at radius 1 is 1.44 bits per heavy atom. The van der Waals surface area contributed by atoms with Crippen LogP contribution in [0, 0.1) is 6.92 Å². The van der Waals surface area contributed by atoms with Crippen molar-refractivity contribution in [3.63, 3.8) is 0 Å². The van der Waals surface area contributed by atoms with Crippen LogP contribution in [0.4, 0.5) is 19.0 Å². The number of hydrogen-bond donors (Lipinski definition) is 1. The lowest BCUT2D eigenvalue weighted by Crippen LogP contribution is -2.19. The molecule has 1 rings (SSSR count). The topological polar surface area (TPSA) is 34.1 Å². The van der Waals surface area contributed by atoms with E-state index in [9.17, 15) is 13.2 Å². The Kier molecular flexibility index (Phi) is 5.37. The van der Waals surface area contributed by atoms with E-state index in [1.807, 2.05) is 0 Å². The van der Waals surface area contributed by atoms with Crippen molar-refractivity contribution in [1.29, 1.82) is 0 Å². The minimum absolute atomic E-state index is 0. The summed E-state index contributed by atoms with van der Waals surface area (Å²) in [5.41, 5.74) is 0.610. The highest BCUT2D eigenvalue weighted by Gasteiger charge is 2.28. The second-order valence-corrected chi connectivity index (χ2v) is 2.99. The van der Waals surface area contributed by atoms with Crippen LogP contribution < -0.4 is 10.1 Å². The van der Waals surface area contributed by atoms with Gasteiger partial charge in [-0.1, -0.05) is 0 Å². The van der Waals surface area contributed by atoms with Crippen molar-refractivity contribution < 1.29 is 17.9 Å². The molecule has 0 bridgehead atoms. The average Bonchev–Trinajstić information content (AvgIpc) is 2.14. The zero-order valence-electron chi connectivity index (χ0n) is 8.76. The summed E-state index contributed by atoms with van der Waals surface area (Å²) >= 11 is 0. The Morgan fingerprint density at radius 3 is 2.50 bits per heavy atom. The molecule has 0 spiro atoms. The van der Waals surface area contributed by atoms with Gasteiger partial charge in [0.15, 0.2) is 6.61 Å². The lowest BCUT2D eigenvalue weighted by molar-refractivity contribution is -0.153. The molecule has 0 saturated heterocycles. The van der Waals surface area contributed by atoms with Crippen LogP contribution >= 0.6 is 12.4 Å². The van der Waals surface area contributed by atoms with E-state index in [0.29, 0.717) is 11.4 Å². The van der Waals surface area contributed by atoms with E-state index in [1.54, 1.807) is 20.0 Å². The maximum Gasteiger partial charge on any atom is 0.422 e. The molecule has 0 radical (unpaired) electrons. The van der Waals surface area contributed by atoms with Gasteiger partial charge in [-0.2, -0.15) is 13.2 Å². The number of pyridine rings is 1. The Hall–Kier alpha value is -1.17. The summed E-state index contributed by atoms with van der Waals surface area (Å²) in [6.07, 6.45) is -3.05. The molecule has 3 nitrogen and oxygen atoms in total. The number of nitrogens with zero attached hydrogens (tertiary/aromatic N) is 1. The summed E-state index contributed by atoms with van der Waals surface area (Å²) in [7, 11) is 1.68. The summed E-state index contributed by atoms with van der Waals surface area (Å²) in [6.45, 7) is 0.364. The molecule has 0 saturated carbocycles. The van der Waals surface area contributed by atoms with Crippen LogP contribution in [0.1, 0.15) is 5.56 Å². The molecule has 0 atom stereocenters. The van der Waals surface area contributed by atoms with Gasteiger partial charge in [0.05, 0.1) is 6.20 Å². The van der Waals surface area contributed by atoms with Crippen molar-refractivity contribution in [2.24, 2.45) is 0 Å². The number of anilines is 1. The Bertz CT molecular complexity index is 344. The SMILES string of the molecule is CNc1cc(C)c(OCC(F)(F)F)cn1.Cl. The quantitative estimate of drug-likeness (QED) is 0.903. The van der Waals surface area contributed by atoms with Crippen LogP contribution in [0.15, 0.2) is 12.3 Å². The highest BCUT2D eigenvalue weighted by Crippen LogP contribution is 2.22. The molecule has 1 N–H and O–H groups in total. The van der Waals surface area contributed by atoms with Gasteiger partial charge >= 0.3 is 6.18 Å². The molecular weight excluding hydrogens is 245 g/mol. The largest absolute Gasteiger partial charge is 0.482 e. The Morgan fingerprint density at radius 2 is 2.06 bits per heavy atom. The third-order valence-corrected chi connectivity index (χ3v) is 1.71. The fourth-order valence-corrected chi connectivity index (χ4v) is 0.991. The summed E-state index contributed by atoms with van der Waals surface area (Å²) in [6, 6.07) is 1.62. The third-order valence-electron chi connectivity index (χ3n) is 1.71. The molecule has 0 aromatic carbocycles. The number of aryl methyl sites for hydroxylation is 1. The van der Waals surface area contributed by atoms with Crippen molar-refractivity contribution in [2.75, 3.05) is 19.0 Å². The lowest BCUT2D eigenvalue weighted by atomic mass is 10.3. The van der Waals surface area contributed by atoms with E-state index in [4.69, 9.17) is 0 Å². The molecule has 16 heavy (non-hydrogen) atoms. The molecule has 1 aromatic heterocycles. The maximum atomic E-state index is 11.9. The van der Waals surface area contributed by atoms with E-state index < -0.39 is 12.8 Å². The van der Waals surface area contributed by atoms with Gasteiger partial charge in [0, 0.05) is 7.05 Å². The minimum atomic E-state index is -4.33. The van der Waals surface area contributed by atoms with Crippen LogP contribution in [0.25, 0.3) is 0 Å². The van der Waals surface area contributed by atoms with Crippen molar-refractivity contribution in [1.82, 2.24) is 4.98 Å². The first-order valence-electron chi connectivity index (χ1n) is 4.26. The fourth-order valence-electron chi connectivity index (χ4n) is 0.991. The van der Waals surface area contributed by atoms with Gasteiger partial charge < -0.3 is 10.1 Å². The van der Waals surface area contributed by atoms with Crippen molar-refractivity contribution in [3.05, 3.63) is 17.8 Å². The molecule has 7 heteroatoms. The van der Waals surface area contributed by atoms with Crippen LogP contribution in [-0.2, 0) is 0 Å². The molecule has 0 unspecified atom stereocenters. The predicted octanol–water partition coefficient (Wildman–Crippen LogP) is 2.79. The van der Waals surface area contributed by atoms with E-state index in [1.165, 1.54) is 6.20 Å². The van der Waals surface area contributed by atoms with Crippen molar-refractivity contribution >= 4 is 18.2 Å². The van der Waals surface area contributed by atoms with Gasteiger partial charge in [-0.25, -0.2) is 4.98 Å². The number of alkyl halides is 3. The number of aromatic nitrogens is 1. The van der Waals surface area contributed by atoms with E-state index >= 15 is 0 Å². The number of halogens is 4. The summed E-state index contributed by atoms with van der Waals surface area (Å²) in [5, 5.41) is 2.78. The number of hydrogen-bond acceptors (Lipinski definition) is 3. The zero-order valence-corrected chi connectivity index (χ0v) is 9.58. The number of nitrogens with one attached hydrogen (secondary N) is 1. The van der Waals surface area contributed by atoms with Gasteiger partial charge in [0.25, 0.3) is 0 Å². The minimum Gasteiger partial charge on any atom is -0.482 e. The monoisotopic (exact) mass is 256 g/mol. The van der Waals surface area contributed by atoms with Crippen LogP contribution in [0.5, 0.6) is 5.75 Å². The molecule has 1 heterocycles. The molecule has 92 valence electrons. The smallest absolute Gasteiger partial charge is 0.422 e. The van der Waals surface area contributed by atoms with Crippen molar-refractivity contribution in [3.8, 4) is 5.75 Å². The first-order valence-corrected chi connectivity index (χ1v) is 4.26. The average molecular weight is 257 g/mol. The van der Waals surface area contributed by atoms with Gasteiger partial charge in [-0.15, -0.1) is 12.4 Å². The van der Waals surface area contributed by atoms with Crippen LogP contribution in [0.3, 0.4) is 0 Å². The standard InChI is InChI=1S/C9H11F3N2O.ClH/c1-6-3-8(13-2)14-4-7(6)15-5-9(10,11)12;/h3-4H,5H2,1-2H3,(H,13,14);1H. The van der Waals surface area contributed by atoms with Gasteiger partial charge in [-0.05, 0) is 18.6 Å². The summed E-state index contributed by atoms with van der Waals surface area (Å²) in [5.74, 6) is 0.734. The van der Waals surface area contributed by atoms with E-state index in [0.717, 1.165) is 0 Å². The molecule has 0 amide bonds. The normalized spacial score (nSPS) is 10.6. The highest BCUT2D eigenvalue weighted by molar-refractivity contribution is 5.85. The Labute approximate surface area is 97.4 Å². The molecule has 0 aliphatic heterocycles. The highest BCUT2D eigenvalue weighted by atomic mass is 35.5. The second kappa shape index (κ2) is 5.79. The van der Waals surface area contributed by atoms with Gasteiger partial charge in [-0.3, -0.25) is 0 Å². The van der Waals surface area contributed by atoms with Crippen LogP contribution in [0.2, 0.25) is 0 Å². The third kappa shape index (κ3) is 4.57. The lowest BCUT2D eigenvalue weighted by Gasteiger charge is -2.11. The van der Waals surface area contributed by atoms with Crippen LogP contribution in [-0.4, -0.2) is 24.8 Å². The first kappa shape index (κ1) is 14.8. The summed E-state index contributed by atoms with van der Waals surface area (Å²) in [4.78, 5) is 3.86. The molecule has 1 aromatic rings. The fraction of sp³-hybridized carbons (Fsp3) is 0.444. The second-order valence-electron chi connectivity index (χ2n) is 2.99. The Balaban J connectivity index is 0.00000225. The molecule has 0 fully saturated rings. The predicted molar refractivity (Wildman–Crippen MR) is 57.3 cm³/mol. The van der Waals surface area contributed by atoms with Gasteiger partial charge in [0.1, 0.15) is 11.6 Å². The number of ether oxygens (including phenoxy) is 1. The zero-order chi connectivity index (χ0) is 11.5. The van der Waals surface area contributed by atoms with Crippen molar-refractivity contribution in [2.45, 2.75) is 13.1 Å².